The molecule has 0 saturated carbocycles. The van der Waals surface area contributed by atoms with Crippen molar-refractivity contribution in [2.75, 3.05) is 35.8 Å². The number of anilines is 3. The van der Waals surface area contributed by atoms with Crippen molar-refractivity contribution in [3.8, 4) is 12.3 Å². The number of nitrogens with one attached hydrogen (secondary N) is 3. The van der Waals surface area contributed by atoms with Gasteiger partial charge in [0.05, 0.1) is 0 Å². The summed E-state index contributed by atoms with van der Waals surface area (Å²) in [5.74, 6) is 3.67. The van der Waals surface area contributed by atoms with Crippen molar-refractivity contribution in [1.29, 1.82) is 0 Å². The zero-order chi connectivity index (χ0) is 13.9. The van der Waals surface area contributed by atoms with Gasteiger partial charge in [-0.15, -0.1) is 6.42 Å². The van der Waals surface area contributed by atoms with Gasteiger partial charge in [-0.1, -0.05) is 19.8 Å². The van der Waals surface area contributed by atoms with Crippen LogP contribution in [0.15, 0.2) is 0 Å². The monoisotopic (exact) mass is 264 g/mol. The standard InChI is InChI=1S/C12H20N6O/c1-4-7-13-10-15-11(14-8-5-2)17-12(16-10)18-19-9-6-3/h3H,4-5,7-9H2,1-2H3,(H3,13,14,15,16,17,18). The smallest absolute Gasteiger partial charge is 0.253 e. The normalized spacial score (nSPS) is 9.74. The lowest BCUT2D eigenvalue weighted by Gasteiger charge is -2.09. The van der Waals surface area contributed by atoms with E-state index in [0.29, 0.717) is 17.8 Å². The van der Waals surface area contributed by atoms with Crippen LogP contribution in [-0.2, 0) is 4.84 Å². The van der Waals surface area contributed by atoms with Gasteiger partial charge in [0.25, 0.3) is 5.95 Å². The van der Waals surface area contributed by atoms with Crippen LogP contribution < -0.4 is 16.1 Å². The largest absolute Gasteiger partial charge is 0.354 e. The Balaban J connectivity index is 2.73. The molecule has 0 aliphatic carbocycles. The third-order valence-electron chi connectivity index (χ3n) is 2.02. The molecule has 104 valence electrons. The fourth-order valence-corrected chi connectivity index (χ4v) is 1.20. The Morgan fingerprint density at radius 3 is 2.00 bits per heavy atom. The summed E-state index contributed by atoms with van der Waals surface area (Å²) in [6.07, 6.45) is 7.06. The molecule has 0 aliphatic heterocycles. The first-order valence-corrected chi connectivity index (χ1v) is 6.35. The number of aromatic nitrogens is 3. The summed E-state index contributed by atoms with van der Waals surface area (Å²) in [6, 6.07) is 0. The molecule has 0 atom stereocenters. The van der Waals surface area contributed by atoms with Crippen molar-refractivity contribution in [3.05, 3.63) is 0 Å². The van der Waals surface area contributed by atoms with Gasteiger partial charge in [-0.2, -0.15) is 15.0 Å². The zero-order valence-corrected chi connectivity index (χ0v) is 11.4. The second-order valence-corrected chi connectivity index (χ2v) is 3.75. The maximum atomic E-state index is 5.09. The fourth-order valence-electron chi connectivity index (χ4n) is 1.20. The average Bonchev–Trinajstić information content (AvgIpc) is 2.43. The van der Waals surface area contributed by atoms with E-state index >= 15 is 0 Å². The molecule has 1 aromatic heterocycles. The lowest BCUT2D eigenvalue weighted by atomic mass is 10.5. The summed E-state index contributed by atoms with van der Waals surface area (Å²) in [6.45, 7) is 5.87. The maximum Gasteiger partial charge on any atom is 0.253 e. The van der Waals surface area contributed by atoms with Crippen molar-refractivity contribution < 1.29 is 4.84 Å². The number of nitrogens with zero attached hydrogens (tertiary/aromatic N) is 3. The Kier molecular flexibility index (Phi) is 7.05. The highest BCUT2D eigenvalue weighted by Gasteiger charge is 2.05. The summed E-state index contributed by atoms with van der Waals surface area (Å²) < 4.78 is 0. The highest BCUT2D eigenvalue weighted by atomic mass is 16.6. The molecule has 0 bridgehead atoms. The molecule has 3 N–H and O–H groups in total. The van der Waals surface area contributed by atoms with Crippen molar-refractivity contribution >= 4 is 17.8 Å². The number of rotatable bonds is 9. The quantitative estimate of drug-likeness (QED) is 0.354. The Bertz CT molecular complexity index is 391. The molecule has 0 aliphatic rings. The molecule has 0 unspecified atom stereocenters. The maximum absolute atomic E-state index is 5.09. The van der Waals surface area contributed by atoms with Crippen LogP contribution in [-0.4, -0.2) is 34.6 Å². The van der Waals surface area contributed by atoms with E-state index in [4.69, 9.17) is 11.3 Å². The minimum atomic E-state index is 0.140. The van der Waals surface area contributed by atoms with Crippen molar-refractivity contribution in [2.24, 2.45) is 0 Å². The van der Waals surface area contributed by atoms with Gasteiger partial charge in [-0.3, -0.25) is 4.84 Å². The summed E-state index contributed by atoms with van der Waals surface area (Å²) in [5.41, 5.74) is 2.59. The minimum Gasteiger partial charge on any atom is -0.354 e. The third-order valence-corrected chi connectivity index (χ3v) is 2.02. The van der Waals surface area contributed by atoms with Crippen LogP contribution in [0.5, 0.6) is 0 Å². The zero-order valence-electron chi connectivity index (χ0n) is 11.4. The van der Waals surface area contributed by atoms with E-state index in [2.05, 4.69) is 50.8 Å². The highest BCUT2D eigenvalue weighted by Crippen LogP contribution is 2.09. The van der Waals surface area contributed by atoms with Gasteiger partial charge < -0.3 is 10.6 Å². The number of hydrogen-bond donors (Lipinski definition) is 3. The van der Waals surface area contributed by atoms with Gasteiger partial charge in [0.15, 0.2) is 0 Å². The third kappa shape index (κ3) is 5.88. The molecule has 0 aromatic carbocycles. The molecule has 1 heterocycles. The van der Waals surface area contributed by atoms with Crippen LogP contribution >= 0.6 is 0 Å². The molecule has 0 spiro atoms. The van der Waals surface area contributed by atoms with Gasteiger partial charge in [-0.05, 0) is 12.8 Å². The van der Waals surface area contributed by atoms with E-state index in [1.165, 1.54) is 0 Å². The summed E-state index contributed by atoms with van der Waals surface area (Å²) in [7, 11) is 0. The Hall–Kier alpha value is -2.07. The predicted molar refractivity (Wildman–Crippen MR) is 75.8 cm³/mol. The summed E-state index contributed by atoms with van der Waals surface area (Å²) in [4.78, 5) is 17.6. The second-order valence-electron chi connectivity index (χ2n) is 3.75. The van der Waals surface area contributed by atoms with Crippen LogP contribution in [0, 0.1) is 12.3 Å². The van der Waals surface area contributed by atoms with Crippen molar-refractivity contribution in [3.63, 3.8) is 0 Å². The lowest BCUT2D eigenvalue weighted by Crippen LogP contribution is -2.13. The Labute approximate surface area is 113 Å². The first-order valence-electron chi connectivity index (χ1n) is 6.35. The highest BCUT2D eigenvalue weighted by molar-refractivity contribution is 5.41. The molecule has 7 nitrogen and oxygen atoms in total. The number of terminal acetylenes is 1. The van der Waals surface area contributed by atoms with Gasteiger partial charge in [-0.25, -0.2) is 5.48 Å². The van der Waals surface area contributed by atoms with E-state index in [1.54, 1.807) is 0 Å². The van der Waals surface area contributed by atoms with Crippen LogP contribution in [0.3, 0.4) is 0 Å². The van der Waals surface area contributed by atoms with Crippen LogP contribution in [0.2, 0.25) is 0 Å². The van der Waals surface area contributed by atoms with E-state index < -0.39 is 0 Å². The average molecular weight is 264 g/mol. The van der Waals surface area contributed by atoms with Gasteiger partial charge in [0.1, 0.15) is 6.61 Å². The van der Waals surface area contributed by atoms with E-state index in [9.17, 15) is 0 Å². The first kappa shape index (κ1) is 15.0. The predicted octanol–water partition coefficient (Wildman–Crippen LogP) is 1.49. The van der Waals surface area contributed by atoms with E-state index in [0.717, 1.165) is 25.9 Å². The van der Waals surface area contributed by atoms with Crippen LogP contribution in [0.4, 0.5) is 17.8 Å². The molecule has 1 aromatic rings. The molecule has 0 saturated heterocycles. The molecule has 1 rings (SSSR count). The van der Waals surface area contributed by atoms with Crippen molar-refractivity contribution in [1.82, 2.24) is 15.0 Å². The molecule has 0 fully saturated rings. The lowest BCUT2D eigenvalue weighted by molar-refractivity contribution is 0.230. The summed E-state index contributed by atoms with van der Waals surface area (Å²) in [5, 5.41) is 6.21. The molecule has 0 radical (unpaired) electrons. The van der Waals surface area contributed by atoms with Gasteiger partial charge >= 0.3 is 0 Å². The molecular weight excluding hydrogens is 244 g/mol. The van der Waals surface area contributed by atoms with Crippen molar-refractivity contribution in [2.45, 2.75) is 26.7 Å². The van der Waals surface area contributed by atoms with Crippen LogP contribution in [0.1, 0.15) is 26.7 Å². The first-order chi connectivity index (χ1) is 9.30. The van der Waals surface area contributed by atoms with Gasteiger partial charge in [0, 0.05) is 13.1 Å². The summed E-state index contributed by atoms with van der Waals surface area (Å²) >= 11 is 0. The molecule has 0 amide bonds. The fraction of sp³-hybridized carbons (Fsp3) is 0.583. The van der Waals surface area contributed by atoms with E-state index in [1.807, 2.05) is 0 Å². The number of hydrogen-bond acceptors (Lipinski definition) is 7. The topological polar surface area (TPSA) is 84.0 Å². The molecular formula is C12H20N6O. The second kappa shape index (κ2) is 8.94. The van der Waals surface area contributed by atoms with E-state index in [-0.39, 0.29) is 6.61 Å². The minimum absolute atomic E-state index is 0.140. The van der Waals surface area contributed by atoms with Gasteiger partial charge in [0.2, 0.25) is 11.9 Å². The Morgan fingerprint density at radius 2 is 1.53 bits per heavy atom. The molecule has 19 heavy (non-hydrogen) atoms. The van der Waals surface area contributed by atoms with Crippen LogP contribution in [0.25, 0.3) is 0 Å². The Morgan fingerprint density at radius 1 is 1.00 bits per heavy atom. The molecule has 7 heteroatoms. The SMILES string of the molecule is C#CCONc1nc(NCCC)nc(NCCC)n1.